The molecule has 0 heterocycles. The smallest absolute Gasteiger partial charge is 0.136 e. The highest BCUT2D eigenvalue weighted by molar-refractivity contribution is 5.82. The number of carbonyl (C=O) groups is 1. The van der Waals surface area contributed by atoms with E-state index in [1.54, 1.807) is 0 Å². The van der Waals surface area contributed by atoms with E-state index in [4.69, 9.17) is 0 Å². The Kier molecular flexibility index (Phi) is 3.31. The minimum Gasteiger partial charge on any atom is -0.299 e. The van der Waals surface area contributed by atoms with Crippen LogP contribution in [0, 0.1) is 57.2 Å². The molecule has 5 aliphatic rings. The summed E-state index contributed by atoms with van der Waals surface area (Å²) in [7, 11) is 0. The van der Waals surface area contributed by atoms with Gasteiger partial charge in [-0.15, -0.1) is 6.58 Å². The third kappa shape index (κ3) is 1.76. The largest absolute Gasteiger partial charge is 0.299 e. The Morgan fingerprint density at radius 3 is 2.85 bits per heavy atom. The molecular weight excluding hydrogens is 318 g/mol. The van der Waals surface area contributed by atoms with E-state index in [0.717, 1.165) is 31.6 Å². The van der Waals surface area contributed by atoms with Crippen molar-refractivity contribution in [2.75, 3.05) is 0 Å². The van der Waals surface area contributed by atoms with Gasteiger partial charge in [0.05, 0.1) is 11.5 Å². The molecule has 0 radical (unpaired) electrons. The first-order valence-electron chi connectivity index (χ1n) is 10.6. The van der Waals surface area contributed by atoms with Gasteiger partial charge in [-0.3, -0.25) is 4.79 Å². The normalized spacial score (nSPS) is 54.1. The van der Waals surface area contributed by atoms with Crippen LogP contribution in [0.5, 0.6) is 0 Å². The summed E-state index contributed by atoms with van der Waals surface area (Å²) in [5.74, 6) is 3.92. The van der Waals surface area contributed by atoms with Crippen molar-refractivity contribution < 1.29 is 4.79 Å². The average molecular weight is 350 g/mol. The summed E-state index contributed by atoms with van der Waals surface area (Å²) >= 11 is 0. The quantitative estimate of drug-likeness (QED) is 0.621. The third-order valence-corrected chi connectivity index (χ3v) is 9.81. The van der Waals surface area contributed by atoms with Crippen LogP contribution in [0.15, 0.2) is 24.3 Å². The van der Waals surface area contributed by atoms with Gasteiger partial charge in [-0.2, -0.15) is 5.26 Å². The van der Waals surface area contributed by atoms with Crippen LogP contribution >= 0.6 is 0 Å². The van der Waals surface area contributed by atoms with Crippen molar-refractivity contribution in [2.24, 2.45) is 45.8 Å². The summed E-state index contributed by atoms with van der Waals surface area (Å²) in [5.41, 5.74) is 1.65. The lowest BCUT2D eigenvalue weighted by molar-refractivity contribution is -0.123. The molecule has 0 spiro atoms. The number of hydrogen-bond donors (Lipinski definition) is 0. The van der Waals surface area contributed by atoms with Crippen LogP contribution in [0.2, 0.25) is 0 Å². The van der Waals surface area contributed by atoms with E-state index in [9.17, 15) is 10.1 Å². The Morgan fingerprint density at radius 2 is 2.12 bits per heavy atom. The number of carbonyl (C=O) groups excluding carboxylic acids is 1. The van der Waals surface area contributed by atoms with Crippen LogP contribution in [0.3, 0.4) is 0 Å². The SMILES string of the molecule is C=CC[C@]1(C#N)[C@H]2C[C@H]2[C@H]2[C@@H]3CC=C4CC(=O)CC[C@]4(C)[C@H]3CC[C@@]21C. The zero-order valence-corrected chi connectivity index (χ0v) is 16.3. The molecule has 0 aromatic carbocycles. The molecule has 4 saturated carbocycles. The van der Waals surface area contributed by atoms with Crippen LogP contribution < -0.4 is 0 Å². The van der Waals surface area contributed by atoms with E-state index in [1.165, 1.54) is 24.8 Å². The fourth-order valence-electron chi connectivity index (χ4n) is 8.51. The van der Waals surface area contributed by atoms with Gasteiger partial charge in [0.2, 0.25) is 0 Å². The highest BCUT2D eigenvalue weighted by Crippen LogP contribution is 2.80. The molecule has 4 fully saturated rings. The summed E-state index contributed by atoms with van der Waals surface area (Å²) < 4.78 is 0. The number of fused-ring (bicyclic) bond motifs is 7. The molecule has 5 aliphatic carbocycles. The zero-order valence-electron chi connectivity index (χ0n) is 16.3. The second kappa shape index (κ2) is 5.12. The molecular formula is C24H31NO. The van der Waals surface area contributed by atoms with Crippen LogP contribution in [0.25, 0.3) is 0 Å². The molecule has 2 nitrogen and oxygen atoms in total. The van der Waals surface area contributed by atoms with Crippen molar-refractivity contribution in [1.82, 2.24) is 0 Å². The summed E-state index contributed by atoms with van der Waals surface area (Å²) in [6.07, 6.45) is 12.7. The summed E-state index contributed by atoms with van der Waals surface area (Å²) in [5, 5.41) is 10.3. The molecule has 0 N–H and O–H groups in total. The highest BCUT2D eigenvalue weighted by Gasteiger charge is 2.76. The van der Waals surface area contributed by atoms with Crippen molar-refractivity contribution in [3.8, 4) is 6.07 Å². The van der Waals surface area contributed by atoms with Crippen molar-refractivity contribution in [3.05, 3.63) is 24.3 Å². The monoisotopic (exact) mass is 349 g/mol. The lowest BCUT2D eigenvalue weighted by atomic mass is 9.44. The number of nitrogens with zero attached hydrogens (tertiary/aromatic N) is 1. The van der Waals surface area contributed by atoms with Gasteiger partial charge in [0, 0.05) is 12.8 Å². The van der Waals surface area contributed by atoms with E-state index in [2.05, 4.69) is 32.6 Å². The van der Waals surface area contributed by atoms with E-state index >= 15 is 0 Å². The van der Waals surface area contributed by atoms with Gasteiger partial charge in [-0.05, 0) is 78.9 Å². The molecule has 0 amide bonds. The maximum absolute atomic E-state index is 12.0. The van der Waals surface area contributed by atoms with Crippen LogP contribution in [0.1, 0.15) is 65.2 Å². The summed E-state index contributed by atoms with van der Waals surface area (Å²) in [6.45, 7) is 8.89. The molecule has 0 aliphatic heterocycles. The summed E-state index contributed by atoms with van der Waals surface area (Å²) in [6, 6.07) is 2.85. The molecule has 5 rings (SSSR count). The van der Waals surface area contributed by atoms with Crippen molar-refractivity contribution in [1.29, 1.82) is 5.26 Å². The fraction of sp³-hybridized carbons (Fsp3) is 0.750. The first-order valence-corrected chi connectivity index (χ1v) is 10.6. The molecule has 26 heavy (non-hydrogen) atoms. The molecule has 2 heteroatoms. The predicted octanol–water partition coefficient (Wildman–Crippen LogP) is 5.46. The van der Waals surface area contributed by atoms with E-state index in [-0.39, 0.29) is 16.2 Å². The second-order valence-corrected chi connectivity index (χ2v) is 10.4. The topological polar surface area (TPSA) is 40.9 Å². The molecule has 0 unspecified atom stereocenters. The Balaban J connectivity index is 1.55. The Morgan fingerprint density at radius 1 is 1.31 bits per heavy atom. The molecule has 138 valence electrons. The average Bonchev–Trinajstić information content (AvgIpc) is 3.36. The molecule has 0 bridgehead atoms. The molecule has 0 aromatic rings. The predicted molar refractivity (Wildman–Crippen MR) is 102 cm³/mol. The maximum Gasteiger partial charge on any atom is 0.136 e. The summed E-state index contributed by atoms with van der Waals surface area (Å²) in [4.78, 5) is 12.0. The minimum absolute atomic E-state index is 0.150. The number of allylic oxidation sites excluding steroid dienone is 3. The number of hydrogen-bond acceptors (Lipinski definition) is 2. The number of Topliss-reactive ketones (excluding diaryl/α,β-unsaturated/α-hetero) is 1. The van der Waals surface area contributed by atoms with Crippen molar-refractivity contribution >= 4 is 5.78 Å². The third-order valence-electron chi connectivity index (χ3n) is 9.81. The Hall–Kier alpha value is -1.36. The van der Waals surface area contributed by atoms with E-state index < -0.39 is 0 Å². The van der Waals surface area contributed by atoms with Gasteiger partial charge in [-0.1, -0.05) is 31.6 Å². The second-order valence-electron chi connectivity index (χ2n) is 10.4. The maximum atomic E-state index is 12.0. The van der Waals surface area contributed by atoms with Gasteiger partial charge < -0.3 is 0 Å². The van der Waals surface area contributed by atoms with Gasteiger partial charge >= 0.3 is 0 Å². The fourth-order valence-corrected chi connectivity index (χ4v) is 8.51. The molecule has 0 saturated heterocycles. The molecule has 8 atom stereocenters. The lowest BCUT2D eigenvalue weighted by Crippen LogP contribution is -2.53. The highest BCUT2D eigenvalue weighted by atomic mass is 16.1. The van der Waals surface area contributed by atoms with E-state index in [1.807, 2.05) is 6.08 Å². The van der Waals surface area contributed by atoms with Crippen LogP contribution in [0.4, 0.5) is 0 Å². The van der Waals surface area contributed by atoms with Crippen molar-refractivity contribution in [3.63, 3.8) is 0 Å². The number of nitriles is 1. The lowest BCUT2D eigenvalue weighted by Gasteiger charge is -2.59. The Labute approximate surface area is 157 Å². The van der Waals surface area contributed by atoms with Gasteiger partial charge in [0.25, 0.3) is 0 Å². The first-order chi connectivity index (χ1) is 12.4. The van der Waals surface area contributed by atoms with E-state index in [0.29, 0.717) is 35.9 Å². The minimum atomic E-state index is -0.178. The van der Waals surface area contributed by atoms with Crippen LogP contribution in [-0.4, -0.2) is 5.78 Å². The van der Waals surface area contributed by atoms with Gasteiger partial charge in [0.15, 0.2) is 0 Å². The van der Waals surface area contributed by atoms with Gasteiger partial charge in [-0.25, -0.2) is 0 Å². The molecule has 0 aromatic heterocycles. The van der Waals surface area contributed by atoms with Crippen LogP contribution in [-0.2, 0) is 4.79 Å². The Bertz CT molecular complexity index is 759. The standard InChI is InChI=1S/C24H31NO/c1-4-9-24(14-25)20-13-18(20)21-17-6-5-15-12-16(26)7-10-22(15,2)19(17)8-11-23(21,24)3/h4-5,17-21H,1,6-13H2,2-3H3/t17-,18-,19+,20+,21-,22+,23+,24+/m1/s1. The number of rotatable bonds is 2. The first kappa shape index (κ1) is 16.8. The zero-order chi connectivity index (χ0) is 18.3. The number of ketones is 1. The van der Waals surface area contributed by atoms with Crippen molar-refractivity contribution in [2.45, 2.75) is 65.2 Å². The van der Waals surface area contributed by atoms with Gasteiger partial charge in [0.1, 0.15) is 5.78 Å².